The number of ketones is 1. The van der Waals surface area contributed by atoms with Gasteiger partial charge in [-0.1, -0.05) is 44.7 Å². The molecule has 0 amide bonds. The van der Waals surface area contributed by atoms with Gasteiger partial charge in [-0.15, -0.1) is 11.3 Å². The van der Waals surface area contributed by atoms with Crippen LogP contribution in [-0.4, -0.2) is 16.0 Å². The summed E-state index contributed by atoms with van der Waals surface area (Å²) >= 11 is 3.42. The van der Waals surface area contributed by atoms with Crippen LogP contribution in [0.4, 0.5) is 0 Å². The third-order valence-corrected chi connectivity index (χ3v) is 8.43. The Morgan fingerprint density at radius 1 is 1.29 bits per heavy atom. The van der Waals surface area contributed by atoms with Crippen molar-refractivity contribution in [1.29, 1.82) is 0 Å². The Kier molecular flexibility index (Phi) is 2.84. The normalized spacial score (nSPS) is 34.0. The van der Waals surface area contributed by atoms with Gasteiger partial charge in [0.25, 0.3) is 0 Å². The molecule has 110 valence electrons. The number of thioether (sulfide) groups is 1. The molecule has 0 unspecified atom stereocenters. The Morgan fingerprint density at radius 2 is 2.05 bits per heavy atom. The maximum absolute atomic E-state index is 12.9. The van der Waals surface area contributed by atoms with Gasteiger partial charge in [-0.2, -0.15) is 0 Å². The molecular formula is C17H19NOS2. The van der Waals surface area contributed by atoms with Gasteiger partial charge in [0, 0.05) is 5.41 Å². The SMILES string of the molecule is CC1(C)[C@H]2CC[C@]1(C)C(=O)[C@H]2Sc1nc2ccccc2s1. The molecule has 2 aliphatic rings. The molecule has 0 N–H and O–H groups in total. The first-order valence-corrected chi connectivity index (χ1v) is 9.20. The van der Waals surface area contributed by atoms with Crippen LogP contribution in [0.25, 0.3) is 10.2 Å². The van der Waals surface area contributed by atoms with E-state index in [-0.39, 0.29) is 16.1 Å². The van der Waals surface area contributed by atoms with Gasteiger partial charge in [-0.25, -0.2) is 4.98 Å². The maximum Gasteiger partial charge on any atom is 0.152 e. The van der Waals surface area contributed by atoms with Gasteiger partial charge >= 0.3 is 0 Å². The molecule has 0 aliphatic heterocycles. The van der Waals surface area contributed by atoms with E-state index in [1.807, 2.05) is 18.2 Å². The highest BCUT2D eigenvalue weighted by molar-refractivity contribution is 8.02. The molecule has 1 heterocycles. The summed E-state index contributed by atoms with van der Waals surface area (Å²) in [4.78, 5) is 17.6. The quantitative estimate of drug-likeness (QED) is 0.798. The third kappa shape index (κ3) is 1.72. The summed E-state index contributed by atoms with van der Waals surface area (Å²) in [7, 11) is 0. The lowest BCUT2D eigenvalue weighted by atomic mass is 9.70. The number of carbonyl (C=O) groups excluding carboxylic acids is 1. The highest BCUT2D eigenvalue weighted by Gasteiger charge is 2.66. The Hall–Kier alpha value is -0.870. The lowest BCUT2D eigenvalue weighted by Gasteiger charge is -2.32. The minimum absolute atomic E-state index is 0.0966. The van der Waals surface area contributed by atoms with E-state index >= 15 is 0 Å². The molecule has 0 saturated heterocycles. The summed E-state index contributed by atoms with van der Waals surface area (Å²) in [6.45, 7) is 6.73. The molecule has 2 nitrogen and oxygen atoms in total. The highest BCUT2D eigenvalue weighted by atomic mass is 32.2. The van der Waals surface area contributed by atoms with Crippen molar-refractivity contribution in [2.24, 2.45) is 16.7 Å². The average molecular weight is 317 g/mol. The number of aromatic nitrogens is 1. The Balaban J connectivity index is 1.68. The number of para-hydroxylation sites is 1. The standard InChI is InChI=1S/C17H19NOS2/c1-16(2)10-8-9-17(16,3)14(19)13(10)21-15-18-11-6-4-5-7-12(11)20-15/h4-7,10,13H,8-9H2,1-3H3/t10-,13-,17+/m0/s1. The lowest BCUT2D eigenvalue weighted by molar-refractivity contribution is -0.127. The van der Waals surface area contributed by atoms with Gasteiger partial charge in [0.05, 0.1) is 15.5 Å². The second-order valence-corrected chi connectivity index (χ2v) is 9.47. The Bertz CT molecular complexity index is 702. The molecule has 2 saturated carbocycles. The molecular weight excluding hydrogens is 298 g/mol. The minimum Gasteiger partial charge on any atom is -0.298 e. The molecule has 0 radical (unpaired) electrons. The molecule has 2 aromatic rings. The molecule has 1 aromatic carbocycles. The fourth-order valence-corrected chi connectivity index (χ4v) is 7.00. The number of thiazole rings is 1. The Morgan fingerprint density at radius 3 is 2.71 bits per heavy atom. The van der Waals surface area contributed by atoms with Crippen LogP contribution < -0.4 is 0 Å². The first-order chi connectivity index (χ1) is 9.93. The number of fused-ring (bicyclic) bond motifs is 3. The van der Waals surface area contributed by atoms with E-state index in [0.29, 0.717) is 11.7 Å². The van der Waals surface area contributed by atoms with Crippen molar-refractivity contribution in [3.63, 3.8) is 0 Å². The summed E-state index contributed by atoms with van der Waals surface area (Å²) in [6, 6.07) is 8.21. The van der Waals surface area contributed by atoms with Gasteiger partial charge in [-0.05, 0) is 36.3 Å². The van der Waals surface area contributed by atoms with Crippen molar-refractivity contribution in [2.75, 3.05) is 0 Å². The van der Waals surface area contributed by atoms with E-state index in [4.69, 9.17) is 4.98 Å². The van der Waals surface area contributed by atoms with E-state index in [9.17, 15) is 4.79 Å². The zero-order valence-corrected chi connectivity index (χ0v) is 14.2. The van der Waals surface area contributed by atoms with Crippen molar-refractivity contribution in [2.45, 2.75) is 43.2 Å². The smallest absolute Gasteiger partial charge is 0.152 e. The lowest BCUT2D eigenvalue weighted by Crippen LogP contribution is -2.34. The summed E-state index contributed by atoms with van der Waals surface area (Å²) in [6.07, 6.45) is 2.23. The van der Waals surface area contributed by atoms with Crippen LogP contribution in [0, 0.1) is 16.7 Å². The highest BCUT2D eigenvalue weighted by Crippen LogP contribution is 2.66. The van der Waals surface area contributed by atoms with Crippen LogP contribution in [0.15, 0.2) is 28.6 Å². The van der Waals surface area contributed by atoms with Crippen molar-refractivity contribution >= 4 is 39.1 Å². The molecule has 3 atom stereocenters. The van der Waals surface area contributed by atoms with Gasteiger partial charge < -0.3 is 0 Å². The van der Waals surface area contributed by atoms with Crippen LogP contribution >= 0.6 is 23.1 Å². The van der Waals surface area contributed by atoms with E-state index in [2.05, 4.69) is 26.8 Å². The van der Waals surface area contributed by atoms with Crippen LogP contribution in [-0.2, 0) is 4.79 Å². The number of carbonyl (C=O) groups is 1. The fraction of sp³-hybridized carbons (Fsp3) is 0.529. The number of Topliss-reactive ketones (excluding diaryl/α,β-unsaturated/α-hetero) is 1. The number of benzene rings is 1. The van der Waals surface area contributed by atoms with Crippen LogP contribution in [0.2, 0.25) is 0 Å². The average Bonchev–Trinajstić information content (AvgIpc) is 2.99. The monoisotopic (exact) mass is 317 g/mol. The molecule has 21 heavy (non-hydrogen) atoms. The predicted octanol–water partition coefficient (Wildman–Crippen LogP) is 4.78. The van der Waals surface area contributed by atoms with Gasteiger partial charge in [0.2, 0.25) is 0 Å². The second kappa shape index (κ2) is 4.32. The molecule has 4 rings (SSSR count). The van der Waals surface area contributed by atoms with Crippen molar-refractivity contribution in [1.82, 2.24) is 4.98 Å². The predicted molar refractivity (Wildman–Crippen MR) is 88.9 cm³/mol. The first-order valence-electron chi connectivity index (χ1n) is 7.50. The summed E-state index contributed by atoms with van der Waals surface area (Å²) < 4.78 is 2.25. The molecule has 2 aliphatic carbocycles. The summed E-state index contributed by atoms with van der Waals surface area (Å²) in [5, 5.41) is 0.0966. The van der Waals surface area contributed by atoms with E-state index in [1.165, 1.54) is 11.1 Å². The molecule has 2 fully saturated rings. The molecule has 4 heteroatoms. The van der Waals surface area contributed by atoms with Crippen molar-refractivity contribution < 1.29 is 4.79 Å². The van der Waals surface area contributed by atoms with E-state index < -0.39 is 0 Å². The summed E-state index contributed by atoms with van der Waals surface area (Å²) in [5.74, 6) is 0.944. The number of rotatable bonds is 2. The van der Waals surface area contributed by atoms with Crippen molar-refractivity contribution in [3.8, 4) is 0 Å². The number of hydrogen-bond donors (Lipinski definition) is 0. The molecule has 2 bridgehead atoms. The maximum atomic E-state index is 12.9. The number of hydrogen-bond acceptors (Lipinski definition) is 4. The van der Waals surface area contributed by atoms with Crippen LogP contribution in [0.3, 0.4) is 0 Å². The van der Waals surface area contributed by atoms with Gasteiger partial charge in [0.15, 0.2) is 10.1 Å². The first kappa shape index (κ1) is 13.8. The largest absolute Gasteiger partial charge is 0.298 e. The molecule has 1 aromatic heterocycles. The summed E-state index contributed by atoms with van der Waals surface area (Å²) in [5.41, 5.74) is 1.04. The van der Waals surface area contributed by atoms with Crippen LogP contribution in [0.1, 0.15) is 33.6 Å². The van der Waals surface area contributed by atoms with E-state index in [1.54, 1.807) is 23.1 Å². The second-order valence-electron chi connectivity index (χ2n) is 7.05. The van der Waals surface area contributed by atoms with Gasteiger partial charge in [-0.3, -0.25) is 4.79 Å². The van der Waals surface area contributed by atoms with Crippen molar-refractivity contribution in [3.05, 3.63) is 24.3 Å². The third-order valence-electron chi connectivity index (χ3n) is 5.97. The van der Waals surface area contributed by atoms with E-state index in [0.717, 1.165) is 16.3 Å². The fourth-order valence-electron chi connectivity index (χ4n) is 4.15. The number of nitrogens with zero attached hydrogens (tertiary/aromatic N) is 1. The Labute approximate surface area is 133 Å². The minimum atomic E-state index is -0.133. The van der Waals surface area contributed by atoms with Gasteiger partial charge in [0.1, 0.15) is 0 Å². The zero-order chi connectivity index (χ0) is 14.8. The topological polar surface area (TPSA) is 30.0 Å². The van der Waals surface area contributed by atoms with Crippen LogP contribution in [0.5, 0.6) is 0 Å². The molecule has 0 spiro atoms. The zero-order valence-electron chi connectivity index (χ0n) is 12.6.